The summed E-state index contributed by atoms with van der Waals surface area (Å²) in [4.78, 5) is 0. The molecule has 0 saturated carbocycles. The average Bonchev–Trinajstić information content (AvgIpc) is 3.39. The maximum Gasteiger partial charge on any atom is 0.138 e. The molecule has 2 aromatic heterocycles. The average molecular weight is 407 g/mol. The quantitative estimate of drug-likeness (QED) is 0.324. The Morgan fingerprint density at radius 2 is 1.86 bits per heavy atom. The smallest absolute Gasteiger partial charge is 0.138 e. The molecule has 2 heterocycles. The second-order valence-electron chi connectivity index (χ2n) is 6.45. The number of aromatic nitrogens is 5. The van der Waals surface area contributed by atoms with E-state index in [0.717, 1.165) is 52.2 Å². The Hall–Kier alpha value is -3.10. The van der Waals surface area contributed by atoms with Gasteiger partial charge in [-0.25, -0.2) is 0 Å². The molecule has 0 unspecified atom stereocenters. The fourth-order valence-corrected chi connectivity index (χ4v) is 3.62. The van der Waals surface area contributed by atoms with Crippen LogP contribution in [0.1, 0.15) is 5.56 Å². The van der Waals surface area contributed by atoms with Gasteiger partial charge in [0.25, 0.3) is 0 Å². The van der Waals surface area contributed by atoms with E-state index in [0.29, 0.717) is 0 Å². The number of aromatic amines is 1. The summed E-state index contributed by atoms with van der Waals surface area (Å²) in [6.45, 7) is 1.63. The minimum atomic E-state index is 0.755. The normalized spacial score (nSPS) is 10.9. The van der Waals surface area contributed by atoms with Gasteiger partial charge in [0.2, 0.25) is 0 Å². The van der Waals surface area contributed by atoms with E-state index < -0.39 is 0 Å². The third-order valence-corrected chi connectivity index (χ3v) is 5.15. The SMILES string of the molecule is Cn1cc(CNCCSc2cn[nH]n2)c(-c2ccc(Oc3ccccc3)cc2)n1. The van der Waals surface area contributed by atoms with Gasteiger partial charge in [-0.2, -0.15) is 15.4 Å². The van der Waals surface area contributed by atoms with E-state index in [-0.39, 0.29) is 0 Å². The highest BCUT2D eigenvalue weighted by molar-refractivity contribution is 7.99. The standard InChI is InChI=1S/C21H22N6OS/c1-27-15-17(13-22-11-12-29-20-14-23-26-24-20)21(25-27)16-7-9-19(10-8-16)28-18-5-3-2-4-6-18/h2-10,14-15,22H,11-13H2,1H3,(H,23,24,26). The molecule has 0 atom stereocenters. The molecule has 0 aliphatic carbocycles. The number of aryl methyl sites for hydroxylation is 1. The molecular weight excluding hydrogens is 384 g/mol. The Morgan fingerprint density at radius 3 is 2.62 bits per heavy atom. The fourth-order valence-electron chi connectivity index (χ4n) is 2.93. The molecule has 0 radical (unpaired) electrons. The van der Waals surface area contributed by atoms with Gasteiger partial charge in [-0.1, -0.05) is 18.2 Å². The van der Waals surface area contributed by atoms with Crippen LogP contribution in [0, 0.1) is 0 Å². The number of para-hydroxylation sites is 1. The number of rotatable bonds is 9. The van der Waals surface area contributed by atoms with Gasteiger partial charge < -0.3 is 10.1 Å². The van der Waals surface area contributed by atoms with Crippen LogP contribution in [-0.4, -0.2) is 37.5 Å². The minimum Gasteiger partial charge on any atom is -0.457 e. The van der Waals surface area contributed by atoms with Crippen LogP contribution in [0.15, 0.2) is 72.0 Å². The molecule has 4 aromatic rings. The van der Waals surface area contributed by atoms with Crippen molar-refractivity contribution in [2.75, 3.05) is 12.3 Å². The van der Waals surface area contributed by atoms with Crippen molar-refractivity contribution in [1.29, 1.82) is 0 Å². The van der Waals surface area contributed by atoms with Crippen molar-refractivity contribution in [3.8, 4) is 22.8 Å². The maximum atomic E-state index is 5.88. The molecule has 2 aromatic carbocycles. The fraction of sp³-hybridized carbons (Fsp3) is 0.190. The number of ether oxygens (including phenoxy) is 1. The summed E-state index contributed by atoms with van der Waals surface area (Å²) >= 11 is 1.67. The molecule has 148 valence electrons. The van der Waals surface area contributed by atoms with Gasteiger partial charge in [0.15, 0.2) is 0 Å². The van der Waals surface area contributed by atoms with E-state index in [9.17, 15) is 0 Å². The lowest BCUT2D eigenvalue weighted by Gasteiger charge is -2.07. The number of thioether (sulfide) groups is 1. The number of benzene rings is 2. The molecule has 0 aliphatic rings. The van der Waals surface area contributed by atoms with E-state index in [1.165, 1.54) is 0 Å². The number of hydrogen-bond donors (Lipinski definition) is 2. The van der Waals surface area contributed by atoms with E-state index in [1.54, 1.807) is 18.0 Å². The van der Waals surface area contributed by atoms with Crippen molar-refractivity contribution in [1.82, 2.24) is 30.5 Å². The van der Waals surface area contributed by atoms with Crippen LogP contribution in [0.25, 0.3) is 11.3 Å². The summed E-state index contributed by atoms with van der Waals surface area (Å²) in [5.41, 5.74) is 3.21. The Morgan fingerprint density at radius 1 is 1.07 bits per heavy atom. The molecule has 29 heavy (non-hydrogen) atoms. The van der Waals surface area contributed by atoms with E-state index >= 15 is 0 Å². The van der Waals surface area contributed by atoms with Crippen LogP contribution < -0.4 is 10.1 Å². The summed E-state index contributed by atoms with van der Waals surface area (Å²) in [6.07, 6.45) is 3.79. The zero-order chi connectivity index (χ0) is 19.9. The van der Waals surface area contributed by atoms with Crippen LogP contribution in [0.3, 0.4) is 0 Å². The molecule has 0 bridgehead atoms. The van der Waals surface area contributed by atoms with Crippen LogP contribution in [0.5, 0.6) is 11.5 Å². The number of nitrogens with one attached hydrogen (secondary N) is 2. The lowest BCUT2D eigenvalue weighted by Crippen LogP contribution is -2.16. The highest BCUT2D eigenvalue weighted by atomic mass is 32.2. The monoisotopic (exact) mass is 406 g/mol. The predicted molar refractivity (Wildman–Crippen MR) is 114 cm³/mol. The minimum absolute atomic E-state index is 0.755. The van der Waals surface area contributed by atoms with Crippen molar-refractivity contribution in [2.45, 2.75) is 11.6 Å². The molecule has 0 fully saturated rings. The first-order chi connectivity index (χ1) is 14.3. The van der Waals surface area contributed by atoms with Gasteiger partial charge in [0.1, 0.15) is 16.5 Å². The van der Waals surface area contributed by atoms with Crippen LogP contribution in [-0.2, 0) is 13.6 Å². The van der Waals surface area contributed by atoms with Crippen molar-refractivity contribution in [2.24, 2.45) is 7.05 Å². The van der Waals surface area contributed by atoms with Gasteiger partial charge in [0, 0.05) is 43.2 Å². The van der Waals surface area contributed by atoms with Gasteiger partial charge >= 0.3 is 0 Å². The lowest BCUT2D eigenvalue weighted by molar-refractivity contribution is 0.483. The van der Waals surface area contributed by atoms with Crippen molar-refractivity contribution in [3.05, 3.63) is 72.6 Å². The number of nitrogens with zero attached hydrogens (tertiary/aromatic N) is 4. The van der Waals surface area contributed by atoms with E-state index in [2.05, 4.69) is 32.0 Å². The highest BCUT2D eigenvalue weighted by Gasteiger charge is 2.10. The topological polar surface area (TPSA) is 80.7 Å². The lowest BCUT2D eigenvalue weighted by atomic mass is 10.1. The van der Waals surface area contributed by atoms with Crippen molar-refractivity contribution >= 4 is 11.8 Å². The van der Waals surface area contributed by atoms with Crippen molar-refractivity contribution in [3.63, 3.8) is 0 Å². The second kappa shape index (κ2) is 9.40. The molecule has 0 amide bonds. The molecule has 2 N–H and O–H groups in total. The zero-order valence-electron chi connectivity index (χ0n) is 16.1. The highest BCUT2D eigenvalue weighted by Crippen LogP contribution is 2.27. The third kappa shape index (κ3) is 5.24. The number of H-pyrrole nitrogens is 1. The maximum absolute atomic E-state index is 5.88. The summed E-state index contributed by atoms with van der Waals surface area (Å²) in [5.74, 6) is 2.56. The van der Waals surface area contributed by atoms with Gasteiger partial charge in [-0.15, -0.1) is 16.9 Å². The zero-order valence-corrected chi connectivity index (χ0v) is 16.9. The largest absolute Gasteiger partial charge is 0.457 e. The Bertz CT molecular complexity index is 1020. The number of hydrogen-bond acceptors (Lipinski definition) is 6. The molecule has 0 saturated heterocycles. The summed E-state index contributed by atoms with van der Waals surface area (Å²) in [7, 11) is 1.94. The molecule has 0 spiro atoms. The van der Waals surface area contributed by atoms with Gasteiger partial charge in [-0.05, 0) is 36.4 Å². The molecule has 0 aliphatic heterocycles. The van der Waals surface area contributed by atoms with E-state index in [4.69, 9.17) is 4.74 Å². The van der Waals surface area contributed by atoms with E-state index in [1.807, 2.05) is 66.3 Å². The van der Waals surface area contributed by atoms with Crippen LogP contribution in [0.2, 0.25) is 0 Å². The summed E-state index contributed by atoms with van der Waals surface area (Å²) in [6, 6.07) is 17.8. The predicted octanol–water partition coefficient (Wildman–Crippen LogP) is 3.88. The van der Waals surface area contributed by atoms with Gasteiger partial charge in [0.05, 0.1) is 11.9 Å². The first kappa shape index (κ1) is 19.2. The first-order valence-corrected chi connectivity index (χ1v) is 10.3. The second-order valence-corrected chi connectivity index (χ2v) is 7.56. The summed E-state index contributed by atoms with van der Waals surface area (Å²) in [5, 5.41) is 19.5. The van der Waals surface area contributed by atoms with Crippen LogP contribution in [0.4, 0.5) is 0 Å². The Kier molecular flexibility index (Phi) is 6.23. The molecule has 4 rings (SSSR count). The van der Waals surface area contributed by atoms with Crippen LogP contribution >= 0.6 is 11.8 Å². The Balaban J connectivity index is 1.35. The van der Waals surface area contributed by atoms with Crippen molar-refractivity contribution < 1.29 is 4.74 Å². The first-order valence-electron chi connectivity index (χ1n) is 9.33. The Labute approximate surface area is 173 Å². The molecule has 8 heteroatoms. The third-order valence-electron chi connectivity index (χ3n) is 4.25. The molecule has 7 nitrogen and oxygen atoms in total. The summed E-state index contributed by atoms with van der Waals surface area (Å²) < 4.78 is 7.73. The van der Waals surface area contributed by atoms with Gasteiger partial charge in [-0.3, -0.25) is 4.68 Å². The molecular formula is C21H22N6OS.